The van der Waals surface area contributed by atoms with Crippen LogP contribution in [0.1, 0.15) is 26.7 Å². The summed E-state index contributed by atoms with van der Waals surface area (Å²) >= 11 is 4.96. The quantitative estimate of drug-likeness (QED) is 0.550. The highest BCUT2D eigenvalue weighted by Gasteiger charge is 2.42. The largest absolute Gasteiger partial charge is 0.393 e. The van der Waals surface area contributed by atoms with E-state index in [2.05, 4.69) is 59.0 Å². The van der Waals surface area contributed by atoms with E-state index in [0.717, 1.165) is 12.8 Å². The average molecular weight is 408 g/mol. The van der Waals surface area contributed by atoms with Gasteiger partial charge >= 0.3 is 0 Å². The molecule has 1 aliphatic rings. The van der Waals surface area contributed by atoms with Gasteiger partial charge in [0.25, 0.3) is 0 Å². The maximum absolute atomic E-state index is 9.70. The molecule has 0 amide bonds. The number of halogens is 2. The summed E-state index contributed by atoms with van der Waals surface area (Å²) in [5, 5.41) is 9.70. The third-order valence-corrected chi connectivity index (χ3v) is 6.42. The predicted octanol–water partition coefficient (Wildman–Crippen LogP) is 3.27. The summed E-state index contributed by atoms with van der Waals surface area (Å²) in [6.45, 7) is 4.68. The van der Waals surface area contributed by atoms with Crippen LogP contribution in [0.3, 0.4) is 0 Å². The molecule has 1 rings (SSSR count). The van der Waals surface area contributed by atoms with Crippen molar-refractivity contribution in [1.29, 1.82) is 0 Å². The van der Waals surface area contributed by atoms with Crippen LogP contribution in [-0.2, 0) is 0 Å². The topological polar surface area (TPSA) is 20.2 Å². The van der Waals surface area contributed by atoms with Gasteiger partial charge in [-0.3, -0.25) is 0 Å². The number of hydrogen-bond acceptors (Lipinski definition) is 1. The van der Waals surface area contributed by atoms with Crippen LogP contribution in [0.4, 0.5) is 0 Å². The summed E-state index contributed by atoms with van der Waals surface area (Å²) in [5.74, 6) is 1.36. The zero-order valence-corrected chi connectivity index (χ0v) is 12.6. The molecule has 1 saturated carbocycles. The van der Waals surface area contributed by atoms with Crippen molar-refractivity contribution in [2.45, 2.75) is 32.8 Å². The molecule has 1 N–H and O–H groups in total. The minimum Gasteiger partial charge on any atom is -0.393 e. The zero-order valence-electron chi connectivity index (χ0n) is 8.26. The first-order valence-corrected chi connectivity index (χ1v) is 7.89. The Morgan fingerprint density at radius 1 is 1.38 bits per heavy atom. The maximum Gasteiger partial charge on any atom is 0.0546 e. The molecular weight excluding hydrogens is 390 g/mol. The monoisotopic (exact) mass is 408 g/mol. The van der Waals surface area contributed by atoms with Crippen molar-refractivity contribution in [3.05, 3.63) is 0 Å². The second-order valence-electron chi connectivity index (χ2n) is 4.52. The molecule has 0 aromatic heterocycles. The molecule has 0 bridgehead atoms. The summed E-state index contributed by atoms with van der Waals surface area (Å²) in [5.41, 5.74) is 0.445. The lowest BCUT2D eigenvalue weighted by Gasteiger charge is -2.46. The number of hydrogen-bond donors (Lipinski definition) is 1. The molecule has 78 valence electrons. The van der Waals surface area contributed by atoms with Gasteiger partial charge in [0.1, 0.15) is 0 Å². The number of aliphatic hydroxyl groups excluding tert-OH is 1. The Bertz CT molecular complexity index is 174. The number of rotatable bonds is 2. The molecule has 3 heteroatoms. The van der Waals surface area contributed by atoms with Crippen LogP contribution in [0.25, 0.3) is 0 Å². The molecule has 0 spiro atoms. The van der Waals surface area contributed by atoms with Gasteiger partial charge in [0.15, 0.2) is 0 Å². The Morgan fingerprint density at radius 3 is 2.46 bits per heavy atom. The first-order valence-electron chi connectivity index (χ1n) is 4.84. The first kappa shape index (κ1) is 12.5. The summed E-state index contributed by atoms with van der Waals surface area (Å²) in [4.78, 5) is 0. The van der Waals surface area contributed by atoms with Crippen molar-refractivity contribution in [2.75, 3.05) is 8.86 Å². The molecule has 0 unspecified atom stereocenters. The van der Waals surface area contributed by atoms with Crippen molar-refractivity contribution in [3.8, 4) is 0 Å². The van der Waals surface area contributed by atoms with Gasteiger partial charge in [-0.15, -0.1) is 0 Å². The standard InChI is InChI=1S/C10H18I2O/c1-7-3-9(13)4-8(5-11)10(7,2)6-12/h7-9,13H,3-6H2,1-2H3/t7-,8+,9+,10+/m0/s1. The molecule has 0 aliphatic heterocycles. The molecule has 0 heterocycles. The second-order valence-corrected chi connectivity index (χ2v) is 6.16. The lowest BCUT2D eigenvalue weighted by molar-refractivity contribution is 0.000859. The molecule has 4 atom stereocenters. The van der Waals surface area contributed by atoms with E-state index in [1.807, 2.05) is 0 Å². The van der Waals surface area contributed by atoms with Gasteiger partial charge in [-0.1, -0.05) is 59.0 Å². The molecule has 1 nitrogen and oxygen atoms in total. The average Bonchev–Trinajstić information content (AvgIpc) is 2.11. The van der Waals surface area contributed by atoms with Gasteiger partial charge < -0.3 is 5.11 Å². The van der Waals surface area contributed by atoms with Crippen molar-refractivity contribution < 1.29 is 5.11 Å². The highest BCUT2D eigenvalue weighted by atomic mass is 127. The van der Waals surface area contributed by atoms with Crippen molar-refractivity contribution in [1.82, 2.24) is 0 Å². The smallest absolute Gasteiger partial charge is 0.0546 e. The van der Waals surface area contributed by atoms with E-state index in [4.69, 9.17) is 0 Å². The minimum atomic E-state index is -0.0502. The maximum atomic E-state index is 9.70. The van der Waals surface area contributed by atoms with Crippen LogP contribution < -0.4 is 0 Å². The fraction of sp³-hybridized carbons (Fsp3) is 1.00. The lowest BCUT2D eigenvalue weighted by atomic mass is 9.63. The van der Waals surface area contributed by atoms with Gasteiger partial charge in [-0.25, -0.2) is 0 Å². The van der Waals surface area contributed by atoms with Crippen LogP contribution in [0.5, 0.6) is 0 Å². The third-order valence-electron chi connectivity index (χ3n) is 3.71. The Hall–Kier alpha value is 1.42. The third kappa shape index (κ3) is 2.51. The molecule has 0 radical (unpaired) electrons. The van der Waals surface area contributed by atoms with Crippen molar-refractivity contribution in [2.24, 2.45) is 17.3 Å². The van der Waals surface area contributed by atoms with E-state index in [1.165, 1.54) is 8.86 Å². The summed E-state index contributed by atoms with van der Waals surface area (Å²) in [6.07, 6.45) is 1.95. The summed E-state index contributed by atoms with van der Waals surface area (Å²) < 4.78 is 2.39. The van der Waals surface area contributed by atoms with E-state index in [-0.39, 0.29) is 6.10 Å². The SMILES string of the molecule is C[C@H]1C[C@@H](O)C[C@H](CI)[C@]1(C)CI. The van der Waals surface area contributed by atoms with Gasteiger partial charge in [-0.2, -0.15) is 0 Å². The van der Waals surface area contributed by atoms with Gasteiger partial charge in [0.05, 0.1) is 6.10 Å². The van der Waals surface area contributed by atoms with Crippen LogP contribution in [-0.4, -0.2) is 20.1 Å². The lowest BCUT2D eigenvalue weighted by Crippen LogP contribution is -2.44. The second kappa shape index (κ2) is 4.96. The molecule has 0 aromatic rings. The molecule has 1 aliphatic carbocycles. The van der Waals surface area contributed by atoms with E-state index in [9.17, 15) is 5.11 Å². The predicted molar refractivity (Wildman–Crippen MR) is 73.8 cm³/mol. The normalized spacial score (nSPS) is 46.4. The molecule has 0 saturated heterocycles. The van der Waals surface area contributed by atoms with E-state index >= 15 is 0 Å². The minimum absolute atomic E-state index is 0.0502. The van der Waals surface area contributed by atoms with Crippen molar-refractivity contribution in [3.63, 3.8) is 0 Å². The van der Waals surface area contributed by atoms with Gasteiger partial charge in [0.2, 0.25) is 0 Å². The number of aliphatic hydroxyl groups is 1. The molecule has 1 fully saturated rings. The first-order chi connectivity index (χ1) is 6.04. The Balaban J connectivity index is 2.77. The molecule has 13 heavy (non-hydrogen) atoms. The molecule has 0 aromatic carbocycles. The fourth-order valence-corrected chi connectivity index (χ4v) is 4.99. The van der Waals surface area contributed by atoms with Crippen LogP contribution in [0.15, 0.2) is 0 Å². The zero-order chi connectivity index (χ0) is 10.1. The van der Waals surface area contributed by atoms with Crippen LogP contribution in [0, 0.1) is 17.3 Å². The van der Waals surface area contributed by atoms with E-state index in [1.54, 1.807) is 0 Å². The van der Waals surface area contributed by atoms with Gasteiger partial charge in [0, 0.05) is 8.86 Å². The van der Waals surface area contributed by atoms with Crippen molar-refractivity contribution >= 4 is 45.2 Å². The highest BCUT2D eigenvalue weighted by molar-refractivity contribution is 14.1. The Labute approximate surface area is 108 Å². The summed E-state index contributed by atoms with van der Waals surface area (Å²) in [6, 6.07) is 0. The van der Waals surface area contributed by atoms with E-state index in [0.29, 0.717) is 17.3 Å². The Morgan fingerprint density at radius 2 is 2.00 bits per heavy atom. The van der Waals surface area contributed by atoms with Crippen LogP contribution in [0.2, 0.25) is 0 Å². The van der Waals surface area contributed by atoms with Gasteiger partial charge in [-0.05, 0) is 30.1 Å². The fourth-order valence-electron chi connectivity index (χ4n) is 2.25. The van der Waals surface area contributed by atoms with E-state index < -0.39 is 0 Å². The number of alkyl halides is 2. The molecular formula is C10H18I2O. The summed E-state index contributed by atoms with van der Waals surface area (Å²) in [7, 11) is 0. The highest BCUT2D eigenvalue weighted by Crippen LogP contribution is 2.47. The van der Waals surface area contributed by atoms with Crippen LogP contribution >= 0.6 is 45.2 Å². The Kier molecular flexibility index (Phi) is 4.77.